The van der Waals surface area contributed by atoms with Gasteiger partial charge in [0.1, 0.15) is 5.82 Å². The van der Waals surface area contributed by atoms with E-state index in [0.29, 0.717) is 6.54 Å². The van der Waals surface area contributed by atoms with E-state index in [-0.39, 0.29) is 0 Å². The molecule has 0 amide bonds. The van der Waals surface area contributed by atoms with E-state index in [1.165, 1.54) is 11.1 Å². The summed E-state index contributed by atoms with van der Waals surface area (Å²) in [4.78, 5) is 10.7. The van der Waals surface area contributed by atoms with Crippen molar-refractivity contribution in [1.29, 1.82) is 0 Å². The highest BCUT2D eigenvalue weighted by Crippen LogP contribution is 2.12. The Morgan fingerprint density at radius 2 is 1.74 bits per heavy atom. The monoisotopic (exact) mass is 256 g/mol. The minimum absolute atomic E-state index is 0.426. The van der Waals surface area contributed by atoms with Crippen molar-refractivity contribution in [2.24, 2.45) is 5.73 Å². The van der Waals surface area contributed by atoms with Crippen LogP contribution >= 0.6 is 0 Å². The normalized spacial score (nSPS) is 10.5. The molecule has 0 aliphatic rings. The average Bonchev–Trinajstić information content (AvgIpc) is 2.48. The van der Waals surface area contributed by atoms with Crippen LogP contribution in [0.2, 0.25) is 0 Å². The highest BCUT2D eigenvalue weighted by atomic mass is 15.2. The Balaban J connectivity index is 2.04. The molecule has 1 heterocycles. The molecule has 0 radical (unpaired) electrons. The number of nitrogens with zero attached hydrogens (tertiary/aromatic N) is 3. The van der Waals surface area contributed by atoms with Gasteiger partial charge < -0.3 is 10.6 Å². The molecule has 19 heavy (non-hydrogen) atoms. The molecule has 4 nitrogen and oxygen atoms in total. The number of aryl methyl sites for hydroxylation is 1. The Labute approximate surface area is 114 Å². The molecule has 2 N–H and O–H groups in total. The van der Waals surface area contributed by atoms with Crippen molar-refractivity contribution in [2.75, 3.05) is 11.9 Å². The van der Waals surface area contributed by atoms with Crippen LogP contribution in [-0.2, 0) is 19.5 Å². The largest absolute Gasteiger partial charge is 0.354 e. The lowest BCUT2D eigenvalue weighted by Crippen LogP contribution is -2.18. The summed E-state index contributed by atoms with van der Waals surface area (Å²) in [6, 6.07) is 8.67. The fraction of sp³-hybridized carbons (Fsp3) is 0.333. The van der Waals surface area contributed by atoms with Gasteiger partial charge in [0, 0.05) is 20.1 Å². The number of hydrogen-bond acceptors (Lipinski definition) is 4. The zero-order valence-electron chi connectivity index (χ0n) is 11.5. The molecule has 2 aromatic rings. The SMILES string of the molecule is CCc1ccc(CN(C)c2cnc(CN)cn2)cc1. The van der Waals surface area contributed by atoms with Crippen molar-refractivity contribution < 1.29 is 0 Å². The number of nitrogens with two attached hydrogens (primary N) is 1. The van der Waals surface area contributed by atoms with Gasteiger partial charge in [-0.3, -0.25) is 4.98 Å². The molecule has 0 spiro atoms. The lowest BCUT2D eigenvalue weighted by atomic mass is 10.1. The predicted octanol–water partition coefficient (Wildman–Crippen LogP) is 2.13. The minimum atomic E-state index is 0.426. The fourth-order valence-electron chi connectivity index (χ4n) is 1.89. The van der Waals surface area contributed by atoms with E-state index in [9.17, 15) is 0 Å². The van der Waals surface area contributed by atoms with Gasteiger partial charge in [0.25, 0.3) is 0 Å². The summed E-state index contributed by atoms with van der Waals surface area (Å²) in [5, 5.41) is 0. The topological polar surface area (TPSA) is 55.0 Å². The number of hydrogen-bond donors (Lipinski definition) is 1. The molecule has 0 atom stereocenters. The Bertz CT molecular complexity index is 505. The first-order chi connectivity index (χ1) is 9.22. The highest BCUT2D eigenvalue weighted by Gasteiger charge is 2.04. The minimum Gasteiger partial charge on any atom is -0.354 e. The first-order valence-corrected chi connectivity index (χ1v) is 6.53. The van der Waals surface area contributed by atoms with Crippen molar-refractivity contribution in [3.8, 4) is 0 Å². The van der Waals surface area contributed by atoms with Crippen LogP contribution in [0.5, 0.6) is 0 Å². The maximum absolute atomic E-state index is 5.51. The quantitative estimate of drug-likeness (QED) is 0.890. The summed E-state index contributed by atoms with van der Waals surface area (Å²) in [6.45, 7) is 3.41. The van der Waals surface area contributed by atoms with Gasteiger partial charge in [-0.25, -0.2) is 4.98 Å². The van der Waals surface area contributed by atoms with Crippen molar-refractivity contribution in [3.63, 3.8) is 0 Å². The smallest absolute Gasteiger partial charge is 0.147 e. The second-order valence-corrected chi connectivity index (χ2v) is 4.60. The van der Waals surface area contributed by atoms with Gasteiger partial charge in [0.05, 0.1) is 18.1 Å². The third-order valence-corrected chi connectivity index (χ3v) is 3.14. The Kier molecular flexibility index (Phi) is 4.47. The van der Waals surface area contributed by atoms with Crippen LogP contribution in [0.1, 0.15) is 23.7 Å². The summed E-state index contributed by atoms with van der Waals surface area (Å²) in [6.07, 6.45) is 4.57. The molecular weight excluding hydrogens is 236 g/mol. The van der Waals surface area contributed by atoms with E-state index in [2.05, 4.69) is 46.1 Å². The first-order valence-electron chi connectivity index (χ1n) is 6.53. The van der Waals surface area contributed by atoms with Gasteiger partial charge in [-0.2, -0.15) is 0 Å². The molecule has 1 aromatic carbocycles. The van der Waals surface area contributed by atoms with E-state index < -0.39 is 0 Å². The van der Waals surface area contributed by atoms with Gasteiger partial charge in [-0.05, 0) is 17.5 Å². The van der Waals surface area contributed by atoms with E-state index in [0.717, 1.165) is 24.5 Å². The molecule has 0 unspecified atom stereocenters. The van der Waals surface area contributed by atoms with E-state index in [1.54, 1.807) is 12.4 Å². The molecular formula is C15H20N4. The summed E-state index contributed by atoms with van der Waals surface area (Å²) in [5.74, 6) is 0.858. The number of rotatable bonds is 5. The fourth-order valence-corrected chi connectivity index (χ4v) is 1.89. The third-order valence-electron chi connectivity index (χ3n) is 3.14. The zero-order chi connectivity index (χ0) is 13.7. The van der Waals surface area contributed by atoms with Crippen LogP contribution in [0.25, 0.3) is 0 Å². The van der Waals surface area contributed by atoms with Gasteiger partial charge >= 0.3 is 0 Å². The van der Waals surface area contributed by atoms with E-state index in [1.807, 2.05) is 7.05 Å². The van der Waals surface area contributed by atoms with Crippen LogP contribution in [-0.4, -0.2) is 17.0 Å². The second kappa shape index (κ2) is 6.29. The number of anilines is 1. The summed E-state index contributed by atoms with van der Waals surface area (Å²) >= 11 is 0. The average molecular weight is 256 g/mol. The van der Waals surface area contributed by atoms with Gasteiger partial charge in [-0.1, -0.05) is 31.2 Å². The molecule has 100 valence electrons. The number of aromatic nitrogens is 2. The van der Waals surface area contributed by atoms with Crippen LogP contribution in [0, 0.1) is 0 Å². The second-order valence-electron chi connectivity index (χ2n) is 4.60. The lowest BCUT2D eigenvalue weighted by Gasteiger charge is -2.18. The molecule has 0 saturated heterocycles. The molecule has 4 heteroatoms. The molecule has 0 fully saturated rings. The molecule has 0 aliphatic carbocycles. The van der Waals surface area contributed by atoms with E-state index in [4.69, 9.17) is 5.73 Å². The number of benzene rings is 1. The first kappa shape index (κ1) is 13.5. The lowest BCUT2D eigenvalue weighted by molar-refractivity contribution is 0.873. The van der Waals surface area contributed by atoms with Crippen molar-refractivity contribution in [1.82, 2.24) is 9.97 Å². The van der Waals surface area contributed by atoms with Crippen molar-refractivity contribution >= 4 is 5.82 Å². The Morgan fingerprint density at radius 3 is 2.26 bits per heavy atom. The van der Waals surface area contributed by atoms with Gasteiger partial charge in [0.2, 0.25) is 0 Å². The highest BCUT2D eigenvalue weighted by molar-refractivity contribution is 5.36. The maximum Gasteiger partial charge on any atom is 0.147 e. The Hall–Kier alpha value is -1.94. The van der Waals surface area contributed by atoms with Crippen LogP contribution in [0.3, 0.4) is 0 Å². The van der Waals surface area contributed by atoms with Crippen LogP contribution in [0.4, 0.5) is 5.82 Å². The van der Waals surface area contributed by atoms with Gasteiger partial charge in [-0.15, -0.1) is 0 Å². The van der Waals surface area contributed by atoms with Crippen molar-refractivity contribution in [2.45, 2.75) is 26.4 Å². The predicted molar refractivity (Wildman–Crippen MR) is 77.9 cm³/mol. The third kappa shape index (κ3) is 3.51. The van der Waals surface area contributed by atoms with Gasteiger partial charge in [0.15, 0.2) is 0 Å². The van der Waals surface area contributed by atoms with Crippen LogP contribution in [0.15, 0.2) is 36.7 Å². The van der Waals surface area contributed by atoms with Crippen LogP contribution < -0.4 is 10.6 Å². The van der Waals surface area contributed by atoms with E-state index >= 15 is 0 Å². The summed E-state index contributed by atoms with van der Waals surface area (Å²) < 4.78 is 0. The molecule has 1 aromatic heterocycles. The standard InChI is InChI=1S/C15H20N4/c1-3-12-4-6-13(7-5-12)11-19(2)15-10-17-14(8-16)9-18-15/h4-7,9-10H,3,8,11,16H2,1-2H3. The zero-order valence-corrected chi connectivity index (χ0v) is 11.5. The Morgan fingerprint density at radius 1 is 1.05 bits per heavy atom. The summed E-state index contributed by atoms with van der Waals surface area (Å²) in [5.41, 5.74) is 8.95. The molecule has 0 bridgehead atoms. The molecule has 2 rings (SSSR count). The molecule has 0 aliphatic heterocycles. The summed E-state index contributed by atoms with van der Waals surface area (Å²) in [7, 11) is 2.01. The molecule has 0 saturated carbocycles. The maximum atomic E-state index is 5.51. The van der Waals surface area contributed by atoms with Crippen molar-refractivity contribution in [3.05, 3.63) is 53.5 Å².